The number of aliphatic carboxylic acids is 1. The summed E-state index contributed by atoms with van der Waals surface area (Å²) in [6, 6.07) is 0. The van der Waals surface area contributed by atoms with Crippen LogP contribution in [0.25, 0.3) is 0 Å². The van der Waals surface area contributed by atoms with E-state index in [0.29, 0.717) is 6.42 Å². The SMILES string of the molecule is CCCCC[C@H](O)/C=C/C=C(/CCCCCCCC(=O)O)C[C@H](O)CO. The van der Waals surface area contributed by atoms with Gasteiger partial charge >= 0.3 is 5.97 Å². The van der Waals surface area contributed by atoms with Crippen LogP contribution in [-0.2, 0) is 4.79 Å². The monoisotopic (exact) mass is 370 g/mol. The Morgan fingerprint density at radius 1 is 0.962 bits per heavy atom. The number of unbranched alkanes of at least 4 members (excludes halogenated alkanes) is 6. The van der Waals surface area contributed by atoms with Crippen molar-refractivity contribution in [2.45, 2.75) is 96.2 Å². The highest BCUT2D eigenvalue weighted by atomic mass is 16.4. The summed E-state index contributed by atoms with van der Waals surface area (Å²) in [4.78, 5) is 10.5. The van der Waals surface area contributed by atoms with Gasteiger partial charge in [-0.1, -0.05) is 69.2 Å². The molecule has 0 fully saturated rings. The minimum Gasteiger partial charge on any atom is -0.481 e. The molecule has 0 saturated heterocycles. The molecule has 2 atom stereocenters. The predicted octanol–water partition coefficient (Wildman–Crippen LogP) is 3.97. The number of aliphatic hydroxyl groups excluding tert-OH is 3. The molecule has 26 heavy (non-hydrogen) atoms. The van der Waals surface area contributed by atoms with E-state index in [1.54, 1.807) is 6.08 Å². The van der Waals surface area contributed by atoms with Crippen molar-refractivity contribution in [2.75, 3.05) is 6.61 Å². The Kier molecular flexibility index (Phi) is 16.5. The van der Waals surface area contributed by atoms with Crippen LogP contribution in [0.5, 0.6) is 0 Å². The second-order valence-corrected chi connectivity index (χ2v) is 6.97. The van der Waals surface area contributed by atoms with Gasteiger partial charge in [0.1, 0.15) is 0 Å². The van der Waals surface area contributed by atoms with Gasteiger partial charge in [0, 0.05) is 6.42 Å². The van der Waals surface area contributed by atoms with Gasteiger partial charge in [-0.05, 0) is 32.1 Å². The maximum absolute atomic E-state index is 10.5. The number of hydrogen-bond acceptors (Lipinski definition) is 4. The van der Waals surface area contributed by atoms with Crippen molar-refractivity contribution in [2.24, 2.45) is 0 Å². The Morgan fingerprint density at radius 2 is 1.62 bits per heavy atom. The highest BCUT2D eigenvalue weighted by molar-refractivity contribution is 5.66. The molecule has 0 aliphatic heterocycles. The van der Waals surface area contributed by atoms with Gasteiger partial charge in [-0.2, -0.15) is 0 Å². The van der Waals surface area contributed by atoms with E-state index in [2.05, 4.69) is 6.92 Å². The third-order valence-electron chi connectivity index (χ3n) is 4.37. The van der Waals surface area contributed by atoms with Crippen molar-refractivity contribution in [3.8, 4) is 0 Å². The average molecular weight is 371 g/mol. The molecule has 0 aliphatic carbocycles. The number of aliphatic hydroxyl groups is 3. The summed E-state index contributed by atoms with van der Waals surface area (Å²) in [5, 5.41) is 37.2. The Bertz CT molecular complexity index is 403. The molecule has 0 unspecified atom stereocenters. The van der Waals surface area contributed by atoms with Gasteiger partial charge in [-0.25, -0.2) is 0 Å². The fraction of sp³-hybridized carbons (Fsp3) is 0.762. The predicted molar refractivity (Wildman–Crippen MR) is 105 cm³/mol. The van der Waals surface area contributed by atoms with Crippen molar-refractivity contribution in [1.82, 2.24) is 0 Å². The zero-order valence-corrected chi connectivity index (χ0v) is 16.3. The van der Waals surface area contributed by atoms with Crippen LogP contribution in [0.15, 0.2) is 23.8 Å². The summed E-state index contributed by atoms with van der Waals surface area (Å²) in [5.41, 5.74) is 1.06. The van der Waals surface area contributed by atoms with Gasteiger partial charge in [-0.3, -0.25) is 4.79 Å². The molecular weight excluding hydrogens is 332 g/mol. The number of carbonyl (C=O) groups is 1. The van der Waals surface area contributed by atoms with Gasteiger partial charge in [0.2, 0.25) is 0 Å². The first-order valence-electron chi connectivity index (χ1n) is 10.0. The van der Waals surface area contributed by atoms with E-state index in [0.717, 1.165) is 69.8 Å². The van der Waals surface area contributed by atoms with Gasteiger partial charge in [0.15, 0.2) is 0 Å². The Morgan fingerprint density at radius 3 is 2.23 bits per heavy atom. The number of carboxylic acid groups (broad SMARTS) is 1. The van der Waals surface area contributed by atoms with E-state index in [-0.39, 0.29) is 13.0 Å². The van der Waals surface area contributed by atoms with Crippen LogP contribution in [0.1, 0.15) is 84.0 Å². The van der Waals surface area contributed by atoms with Crippen molar-refractivity contribution < 1.29 is 25.2 Å². The summed E-state index contributed by atoms with van der Waals surface area (Å²) < 4.78 is 0. The summed E-state index contributed by atoms with van der Waals surface area (Å²) in [6.07, 6.45) is 14.6. The zero-order chi connectivity index (χ0) is 19.6. The van der Waals surface area contributed by atoms with E-state index in [1.165, 1.54) is 0 Å². The number of allylic oxidation sites excluding steroid dienone is 2. The average Bonchev–Trinajstić information content (AvgIpc) is 2.60. The molecule has 4 N–H and O–H groups in total. The lowest BCUT2D eigenvalue weighted by Gasteiger charge is -2.11. The van der Waals surface area contributed by atoms with E-state index in [1.807, 2.05) is 12.2 Å². The molecule has 0 aromatic heterocycles. The molecule has 0 bridgehead atoms. The summed E-state index contributed by atoms with van der Waals surface area (Å²) in [7, 11) is 0. The minimum absolute atomic E-state index is 0.235. The first-order valence-corrected chi connectivity index (χ1v) is 10.0. The fourth-order valence-corrected chi connectivity index (χ4v) is 2.80. The first kappa shape index (κ1) is 24.8. The standard InChI is InChI=1S/C21H38O5/c1-2-3-7-13-19(23)14-10-12-18(16-20(24)17-22)11-8-5-4-6-9-15-21(25)26/h10,12,14,19-20,22-24H,2-9,11,13,15-17H2,1H3,(H,25,26)/b14-10+,18-12-/t19-,20-/m0/s1. The Hall–Kier alpha value is -1.17. The molecule has 0 radical (unpaired) electrons. The molecule has 0 saturated carbocycles. The summed E-state index contributed by atoms with van der Waals surface area (Å²) in [5.74, 6) is -0.739. The summed E-state index contributed by atoms with van der Waals surface area (Å²) >= 11 is 0. The molecule has 0 aliphatic rings. The van der Waals surface area contributed by atoms with Gasteiger partial charge < -0.3 is 20.4 Å². The third kappa shape index (κ3) is 16.3. The third-order valence-corrected chi connectivity index (χ3v) is 4.37. The maximum atomic E-state index is 10.5. The number of hydrogen-bond donors (Lipinski definition) is 4. The van der Waals surface area contributed by atoms with Crippen LogP contribution in [0, 0.1) is 0 Å². The van der Waals surface area contributed by atoms with Gasteiger partial charge in [-0.15, -0.1) is 0 Å². The highest BCUT2D eigenvalue weighted by Gasteiger charge is 2.06. The molecule has 5 heteroatoms. The smallest absolute Gasteiger partial charge is 0.303 e. The lowest BCUT2D eigenvalue weighted by atomic mass is 10.00. The lowest BCUT2D eigenvalue weighted by Crippen LogP contribution is -2.12. The van der Waals surface area contributed by atoms with E-state index in [9.17, 15) is 15.0 Å². The molecule has 0 aromatic carbocycles. The van der Waals surface area contributed by atoms with Crippen LogP contribution in [0.4, 0.5) is 0 Å². The van der Waals surface area contributed by atoms with E-state index < -0.39 is 18.2 Å². The van der Waals surface area contributed by atoms with Crippen molar-refractivity contribution in [3.63, 3.8) is 0 Å². The Labute approximate surface area is 158 Å². The largest absolute Gasteiger partial charge is 0.481 e. The topological polar surface area (TPSA) is 98.0 Å². The first-order chi connectivity index (χ1) is 12.5. The normalized spacial score (nSPS) is 14.7. The minimum atomic E-state index is -0.750. The maximum Gasteiger partial charge on any atom is 0.303 e. The van der Waals surface area contributed by atoms with Gasteiger partial charge in [0.05, 0.1) is 18.8 Å². The number of carboxylic acids is 1. The van der Waals surface area contributed by atoms with Crippen molar-refractivity contribution >= 4 is 5.97 Å². The van der Waals surface area contributed by atoms with E-state index >= 15 is 0 Å². The lowest BCUT2D eigenvalue weighted by molar-refractivity contribution is -0.137. The fourth-order valence-electron chi connectivity index (χ4n) is 2.80. The second kappa shape index (κ2) is 17.3. The highest BCUT2D eigenvalue weighted by Crippen LogP contribution is 2.17. The molecular formula is C21H38O5. The Balaban J connectivity index is 4.23. The second-order valence-electron chi connectivity index (χ2n) is 6.97. The van der Waals surface area contributed by atoms with E-state index in [4.69, 9.17) is 10.2 Å². The molecule has 0 aromatic rings. The molecule has 0 rings (SSSR count). The van der Waals surface area contributed by atoms with Crippen molar-refractivity contribution in [3.05, 3.63) is 23.8 Å². The van der Waals surface area contributed by atoms with Crippen LogP contribution in [0.3, 0.4) is 0 Å². The quantitative estimate of drug-likeness (QED) is 0.229. The molecule has 0 spiro atoms. The molecule has 0 heterocycles. The van der Waals surface area contributed by atoms with Crippen LogP contribution < -0.4 is 0 Å². The van der Waals surface area contributed by atoms with Gasteiger partial charge in [0.25, 0.3) is 0 Å². The van der Waals surface area contributed by atoms with Crippen LogP contribution in [0.2, 0.25) is 0 Å². The molecule has 152 valence electrons. The zero-order valence-electron chi connectivity index (χ0n) is 16.3. The summed E-state index contributed by atoms with van der Waals surface area (Å²) in [6.45, 7) is 1.88. The molecule has 5 nitrogen and oxygen atoms in total. The van der Waals surface area contributed by atoms with Crippen LogP contribution in [-0.4, -0.2) is 45.2 Å². The molecule has 0 amide bonds. The van der Waals surface area contributed by atoms with Crippen LogP contribution >= 0.6 is 0 Å². The van der Waals surface area contributed by atoms with Crippen molar-refractivity contribution in [1.29, 1.82) is 0 Å². The number of rotatable bonds is 17.